The standard InChI is InChI=1S/C13H19N3/c1-16-8-6-13(7-9-16)12(14)10-4-2-3-5-11(10)15-13/h2-5,12,15H,6-9,14H2,1H3/t12-/m0/s1. The minimum atomic E-state index is 0.107. The van der Waals surface area contributed by atoms with Crippen molar-refractivity contribution in [3.63, 3.8) is 0 Å². The Hall–Kier alpha value is -1.06. The van der Waals surface area contributed by atoms with Gasteiger partial charge in [0.15, 0.2) is 0 Å². The SMILES string of the molecule is CN1CCC2(CC1)Nc1ccccc1[C@@H]2N. The molecule has 1 aromatic carbocycles. The van der Waals surface area contributed by atoms with Crippen molar-refractivity contribution in [3.05, 3.63) is 29.8 Å². The van der Waals surface area contributed by atoms with E-state index in [9.17, 15) is 0 Å². The van der Waals surface area contributed by atoms with E-state index in [0.717, 1.165) is 25.9 Å². The second-order valence-electron chi connectivity index (χ2n) is 5.15. The summed E-state index contributed by atoms with van der Waals surface area (Å²) >= 11 is 0. The molecule has 1 spiro atoms. The molecule has 1 atom stereocenters. The molecule has 3 rings (SSSR count). The Morgan fingerprint density at radius 2 is 2.00 bits per heavy atom. The van der Waals surface area contributed by atoms with E-state index < -0.39 is 0 Å². The van der Waals surface area contributed by atoms with Crippen molar-refractivity contribution in [2.24, 2.45) is 5.73 Å². The van der Waals surface area contributed by atoms with Crippen molar-refractivity contribution < 1.29 is 0 Å². The Morgan fingerprint density at radius 1 is 1.31 bits per heavy atom. The summed E-state index contributed by atoms with van der Waals surface area (Å²) in [5.74, 6) is 0. The molecule has 2 heterocycles. The molecule has 0 bridgehead atoms. The number of hydrogen-bond acceptors (Lipinski definition) is 3. The van der Waals surface area contributed by atoms with Crippen LogP contribution < -0.4 is 11.1 Å². The number of piperidine rings is 1. The van der Waals surface area contributed by atoms with Gasteiger partial charge in [0.25, 0.3) is 0 Å². The van der Waals surface area contributed by atoms with E-state index in [1.54, 1.807) is 0 Å². The zero-order valence-corrected chi connectivity index (χ0v) is 9.74. The lowest BCUT2D eigenvalue weighted by Crippen LogP contribution is -2.51. The Bertz CT molecular complexity index is 394. The number of anilines is 1. The lowest BCUT2D eigenvalue weighted by atomic mass is 9.81. The lowest BCUT2D eigenvalue weighted by molar-refractivity contribution is 0.189. The smallest absolute Gasteiger partial charge is 0.0591 e. The van der Waals surface area contributed by atoms with Crippen LogP contribution in [0.1, 0.15) is 24.4 Å². The maximum Gasteiger partial charge on any atom is 0.0591 e. The number of nitrogens with zero attached hydrogens (tertiary/aromatic N) is 1. The number of rotatable bonds is 0. The van der Waals surface area contributed by atoms with E-state index in [1.807, 2.05) is 0 Å². The molecule has 16 heavy (non-hydrogen) atoms. The number of nitrogens with one attached hydrogen (secondary N) is 1. The van der Waals surface area contributed by atoms with Crippen LogP contribution in [0.25, 0.3) is 0 Å². The summed E-state index contributed by atoms with van der Waals surface area (Å²) in [5.41, 5.74) is 9.05. The van der Waals surface area contributed by atoms with Gasteiger partial charge in [-0.15, -0.1) is 0 Å². The van der Waals surface area contributed by atoms with Crippen LogP contribution in [-0.4, -0.2) is 30.6 Å². The second kappa shape index (κ2) is 3.47. The predicted molar refractivity (Wildman–Crippen MR) is 66.5 cm³/mol. The molecular weight excluding hydrogens is 198 g/mol. The number of para-hydroxylation sites is 1. The van der Waals surface area contributed by atoms with Crippen molar-refractivity contribution in [1.82, 2.24) is 4.90 Å². The molecule has 1 fully saturated rings. The fourth-order valence-corrected chi connectivity index (χ4v) is 2.98. The molecule has 3 heteroatoms. The first-order chi connectivity index (χ1) is 7.71. The van der Waals surface area contributed by atoms with Gasteiger partial charge in [0.2, 0.25) is 0 Å². The third-order valence-electron chi connectivity index (χ3n) is 4.15. The van der Waals surface area contributed by atoms with Crippen LogP contribution in [0, 0.1) is 0 Å². The summed E-state index contributed by atoms with van der Waals surface area (Å²) in [6.45, 7) is 2.27. The van der Waals surface area contributed by atoms with Gasteiger partial charge in [-0.25, -0.2) is 0 Å². The lowest BCUT2D eigenvalue weighted by Gasteiger charge is -2.41. The molecule has 0 radical (unpaired) electrons. The maximum absolute atomic E-state index is 6.42. The molecule has 0 amide bonds. The van der Waals surface area contributed by atoms with Gasteiger partial charge >= 0.3 is 0 Å². The summed E-state index contributed by atoms with van der Waals surface area (Å²) in [7, 11) is 2.18. The van der Waals surface area contributed by atoms with Crippen LogP contribution >= 0.6 is 0 Å². The van der Waals surface area contributed by atoms with E-state index in [2.05, 4.69) is 41.5 Å². The first-order valence-electron chi connectivity index (χ1n) is 6.02. The van der Waals surface area contributed by atoms with Crippen LogP contribution in [0.15, 0.2) is 24.3 Å². The summed E-state index contributed by atoms with van der Waals surface area (Å²) in [6, 6.07) is 8.60. The highest BCUT2D eigenvalue weighted by molar-refractivity contribution is 5.61. The van der Waals surface area contributed by atoms with Gasteiger partial charge in [0, 0.05) is 18.8 Å². The molecule has 0 saturated carbocycles. The van der Waals surface area contributed by atoms with E-state index in [0.29, 0.717) is 0 Å². The first kappa shape index (κ1) is 10.1. The molecule has 2 aliphatic heterocycles. The molecule has 2 aliphatic rings. The molecule has 0 unspecified atom stereocenters. The fraction of sp³-hybridized carbons (Fsp3) is 0.538. The van der Waals surface area contributed by atoms with Crippen LogP contribution in [0.4, 0.5) is 5.69 Å². The molecule has 3 N–H and O–H groups in total. The minimum Gasteiger partial charge on any atom is -0.377 e. The average molecular weight is 217 g/mol. The van der Waals surface area contributed by atoms with Crippen molar-refractivity contribution in [3.8, 4) is 0 Å². The third-order valence-corrected chi connectivity index (χ3v) is 4.15. The number of benzene rings is 1. The van der Waals surface area contributed by atoms with Gasteiger partial charge in [-0.2, -0.15) is 0 Å². The van der Waals surface area contributed by atoms with Gasteiger partial charge in [-0.05, 0) is 31.5 Å². The highest BCUT2D eigenvalue weighted by atomic mass is 15.2. The summed E-state index contributed by atoms with van der Waals surface area (Å²) in [5, 5.41) is 3.67. The summed E-state index contributed by atoms with van der Waals surface area (Å²) in [4.78, 5) is 2.38. The topological polar surface area (TPSA) is 41.3 Å². The molecular formula is C13H19N3. The Labute approximate surface area is 96.6 Å². The van der Waals surface area contributed by atoms with Crippen LogP contribution in [-0.2, 0) is 0 Å². The van der Waals surface area contributed by atoms with E-state index >= 15 is 0 Å². The zero-order valence-electron chi connectivity index (χ0n) is 9.74. The average Bonchev–Trinajstić information content (AvgIpc) is 2.58. The Kier molecular flexibility index (Phi) is 2.19. The van der Waals surface area contributed by atoms with Crippen LogP contribution in [0.3, 0.4) is 0 Å². The normalized spacial score (nSPS) is 27.8. The second-order valence-corrected chi connectivity index (χ2v) is 5.15. The quantitative estimate of drug-likeness (QED) is 0.693. The first-order valence-corrected chi connectivity index (χ1v) is 6.02. The van der Waals surface area contributed by atoms with E-state index in [4.69, 9.17) is 5.73 Å². The fourth-order valence-electron chi connectivity index (χ4n) is 2.98. The number of nitrogens with two attached hydrogens (primary N) is 1. The maximum atomic E-state index is 6.42. The molecule has 0 aliphatic carbocycles. The Morgan fingerprint density at radius 3 is 2.69 bits per heavy atom. The van der Waals surface area contributed by atoms with Gasteiger partial charge in [-0.1, -0.05) is 18.2 Å². The minimum absolute atomic E-state index is 0.107. The van der Waals surface area contributed by atoms with Crippen molar-refractivity contribution in [1.29, 1.82) is 0 Å². The molecule has 0 aromatic heterocycles. The number of fused-ring (bicyclic) bond motifs is 1. The summed E-state index contributed by atoms with van der Waals surface area (Å²) < 4.78 is 0. The van der Waals surface area contributed by atoms with E-state index in [-0.39, 0.29) is 11.6 Å². The predicted octanol–water partition coefficient (Wildman–Crippen LogP) is 1.58. The molecule has 1 saturated heterocycles. The van der Waals surface area contributed by atoms with E-state index in [1.165, 1.54) is 11.3 Å². The van der Waals surface area contributed by atoms with Gasteiger partial charge in [0.1, 0.15) is 0 Å². The molecule has 3 nitrogen and oxygen atoms in total. The molecule has 86 valence electrons. The van der Waals surface area contributed by atoms with Gasteiger partial charge < -0.3 is 16.0 Å². The van der Waals surface area contributed by atoms with Crippen molar-refractivity contribution in [2.75, 3.05) is 25.5 Å². The van der Waals surface area contributed by atoms with Crippen LogP contribution in [0.2, 0.25) is 0 Å². The highest BCUT2D eigenvalue weighted by Gasteiger charge is 2.45. The number of likely N-dealkylation sites (tertiary alicyclic amines) is 1. The largest absolute Gasteiger partial charge is 0.377 e. The van der Waals surface area contributed by atoms with Gasteiger partial charge in [0.05, 0.1) is 11.6 Å². The van der Waals surface area contributed by atoms with Crippen LogP contribution in [0.5, 0.6) is 0 Å². The monoisotopic (exact) mass is 217 g/mol. The van der Waals surface area contributed by atoms with Gasteiger partial charge in [-0.3, -0.25) is 0 Å². The van der Waals surface area contributed by atoms with Crippen molar-refractivity contribution in [2.45, 2.75) is 24.4 Å². The van der Waals surface area contributed by atoms with Crippen molar-refractivity contribution >= 4 is 5.69 Å². The Balaban J connectivity index is 1.91. The highest BCUT2D eigenvalue weighted by Crippen LogP contribution is 2.44. The molecule has 1 aromatic rings. The third kappa shape index (κ3) is 1.35. The summed E-state index contributed by atoms with van der Waals surface area (Å²) in [6.07, 6.45) is 2.28. The number of hydrogen-bond donors (Lipinski definition) is 2. The zero-order chi connectivity index (χ0) is 11.2.